The molecule has 2 aromatic carbocycles. The van der Waals surface area contributed by atoms with Crippen LogP contribution in [0.25, 0.3) is 22.4 Å². The van der Waals surface area contributed by atoms with Crippen molar-refractivity contribution in [1.29, 1.82) is 0 Å². The smallest absolute Gasteiger partial charge is 0.259 e. The molecule has 5 rings (SSSR count). The predicted molar refractivity (Wildman–Crippen MR) is 120 cm³/mol. The SMILES string of the molecule is O=C(NCCNC(=O)c1cc(C2CC2)nc2onc(-c3ccccc3)c12)c1ccccc1F. The van der Waals surface area contributed by atoms with Gasteiger partial charge >= 0.3 is 0 Å². The van der Waals surface area contributed by atoms with Gasteiger partial charge in [-0.25, -0.2) is 9.37 Å². The number of halogens is 1. The summed E-state index contributed by atoms with van der Waals surface area (Å²) < 4.78 is 19.2. The molecule has 0 radical (unpaired) electrons. The van der Waals surface area contributed by atoms with Gasteiger partial charge in [0.25, 0.3) is 17.5 Å². The highest BCUT2D eigenvalue weighted by Gasteiger charge is 2.29. The molecule has 1 aliphatic carbocycles. The molecule has 166 valence electrons. The van der Waals surface area contributed by atoms with Gasteiger partial charge in [0.05, 0.1) is 16.5 Å². The lowest BCUT2D eigenvalue weighted by Crippen LogP contribution is -2.35. The van der Waals surface area contributed by atoms with Crippen LogP contribution in [0.1, 0.15) is 45.2 Å². The van der Waals surface area contributed by atoms with Crippen molar-refractivity contribution in [3.05, 3.63) is 83.3 Å². The molecule has 2 heterocycles. The van der Waals surface area contributed by atoms with E-state index in [2.05, 4.69) is 20.8 Å². The second-order valence-electron chi connectivity index (χ2n) is 7.94. The number of nitrogens with zero attached hydrogens (tertiary/aromatic N) is 2. The first-order chi connectivity index (χ1) is 16.1. The number of carbonyl (C=O) groups is 2. The van der Waals surface area contributed by atoms with Gasteiger partial charge in [0, 0.05) is 30.3 Å². The number of amides is 2. The molecule has 2 N–H and O–H groups in total. The molecular weight excluding hydrogens is 423 g/mol. The van der Waals surface area contributed by atoms with Crippen molar-refractivity contribution in [1.82, 2.24) is 20.8 Å². The molecule has 0 spiro atoms. The predicted octanol–water partition coefficient (Wildman–Crippen LogP) is 4.07. The zero-order chi connectivity index (χ0) is 22.8. The van der Waals surface area contributed by atoms with Gasteiger partial charge in [-0.1, -0.05) is 47.6 Å². The topological polar surface area (TPSA) is 97.1 Å². The first-order valence-electron chi connectivity index (χ1n) is 10.8. The highest BCUT2D eigenvalue weighted by atomic mass is 19.1. The summed E-state index contributed by atoms with van der Waals surface area (Å²) in [5.74, 6) is -1.11. The number of carbonyl (C=O) groups excluding carboxylic acids is 2. The third-order valence-corrected chi connectivity index (χ3v) is 5.57. The number of benzene rings is 2. The summed E-state index contributed by atoms with van der Waals surface area (Å²) in [7, 11) is 0. The van der Waals surface area contributed by atoms with Crippen LogP contribution in [0.15, 0.2) is 65.2 Å². The van der Waals surface area contributed by atoms with Gasteiger partial charge < -0.3 is 15.2 Å². The van der Waals surface area contributed by atoms with Crippen molar-refractivity contribution in [2.24, 2.45) is 0 Å². The summed E-state index contributed by atoms with van der Waals surface area (Å²) in [4.78, 5) is 29.9. The molecule has 4 aromatic rings. The largest absolute Gasteiger partial charge is 0.350 e. The Morgan fingerprint density at radius 2 is 1.61 bits per heavy atom. The fraction of sp³-hybridized carbons (Fsp3) is 0.200. The van der Waals surface area contributed by atoms with E-state index in [0.29, 0.717) is 28.3 Å². The minimum absolute atomic E-state index is 0.0364. The quantitative estimate of drug-likeness (QED) is 0.419. The maximum absolute atomic E-state index is 13.8. The van der Waals surface area contributed by atoms with Crippen LogP contribution in [0, 0.1) is 5.82 Å². The molecule has 33 heavy (non-hydrogen) atoms. The summed E-state index contributed by atoms with van der Waals surface area (Å²) in [5.41, 5.74) is 2.92. The number of rotatable bonds is 7. The van der Waals surface area contributed by atoms with Crippen molar-refractivity contribution in [2.45, 2.75) is 18.8 Å². The van der Waals surface area contributed by atoms with Gasteiger partial charge in [-0.3, -0.25) is 9.59 Å². The van der Waals surface area contributed by atoms with E-state index in [0.717, 1.165) is 24.1 Å². The Balaban J connectivity index is 1.34. The Kier molecular flexibility index (Phi) is 5.56. The molecule has 1 fully saturated rings. The summed E-state index contributed by atoms with van der Waals surface area (Å²) >= 11 is 0. The van der Waals surface area contributed by atoms with Crippen LogP contribution in [0.3, 0.4) is 0 Å². The van der Waals surface area contributed by atoms with Gasteiger partial charge in [-0.05, 0) is 31.0 Å². The minimum Gasteiger partial charge on any atom is -0.350 e. The summed E-state index contributed by atoms with van der Waals surface area (Å²) in [6.07, 6.45) is 2.06. The molecule has 0 unspecified atom stereocenters. The Hall–Kier alpha value is -4.07. The molecule has 1 aliphatic rings. The average molecular weight is 444 g/mol. The second kappa shape index (κ2) is 8.82. The van der Waals surface area contributed by atoms with Crippen molar-refractivity contribution in [3.63, 3.8) is 0 Å². The maximum Gasteiger partial charge on any atom is 0.259 e. The third kappa shape index (κ3) is 4.32. The van der Waals surface area contributed by atoms with E-state index in [1.807, 2.05) is 30.3 Å². The van der Waals surface area contributed by atoms with Crippen molar-refractivity contribution < 1.29 is 18.5 Å². The fourth-order valence-electron chi connectivity index (χ4n) is 3.72. The average Bonchev–Trinajstić information content (AvgIpc) is 3.61. The highest BCUT2D eigenvalue weighted by Crippen LogP contribution is 2.41. The molecule has 1 saturated carbocycles. The molecule has 0 aliphatic heterocycles. The number of nitrogens with one attached hydrogen (secondary N) is 2. The molecule has 8 heteroatoms. The van der Waals surface area contributed by atoms with E-state index < -0.39 is 11.7 Å². The second-order valence-corrected chi connectivity index (χ2v) is 7.94. The lowest BCUT2D eigenvalue weighted by atomic mass is 10.0. The van der Waals surface area contributed by atoms with Crippen molar-refractivity contribution >= 4 is 22.9 Å². The third-order valence-electron chi connectivity index (χ3n) is 5.57. The zero-order valence-corrected chi connectivity index (χ0v) is 17.7. The van der Waals surface area contributed by atoms with Crippen molar-refractivity contribution in [3.8, 4) is 11.3 Å². The van der Waals surface area contributed by atoms with Crippen LogP contribution in [0.2, 0.25) is 0 Å². The van der Waals surface area contributed by atoms with Crippen LogP contribution in [0.5, 0.6) is 0 Å². The van der Waals surface area contributed by atoms with Gasteiger partial charge in [0.1, 0.15) is 11.5 Å². The molecule has 7 nitrogen and oxygen atoms in total. The summed E-state index contributed by atoms with van der Waals surface area (Å²) in [6.45, 7) is 0.325. The Morgan fingerprint density at radius 3 is 2.30 bits per heavy atom. The van der Waals surface area contributed by atoms with Crippen LogP contribution in [-0.4, -0.2) is 35.0 Å². The minimum atomic E-state index is -0.591. The van der Waals surface area contributed by atoms with E-state index in [4.69, 9.17) is 4.52 Å². The van der Waals surface area contributed by atoms with Crippen LogP contribution in [-0.2, 0) is 0 Å². The molecule has 0 saturated heterocycles. The Labute approximate surface area is 189 Å². The van der Waals surface area contributed by atoms with E-state index in [1.54, 1.807) is 12.1 Å². The molecule has 2 amide bonds. The molecule has 0 bridgehead atoms. The Morgan fingerprint density at radius 1 is 0.939 bits per heavy atom. The number of hydrogen-bond donors (Lipinski definition) is 2. The van der Waals surface area contributed by atoms with Crippen molar-refractivity contribution in [2.75, 3.05) is 13.1 Å². The zero-order valence-electron chi connectivity index (χ0n) is 17.7. The molecule has 0 atom stereocenters. The number of fused-ring (bicyclic) bond motifs is 1. The van der Waals surface area contributed by atoms with Gasteiger partial charge in [-0.2, -0.15) is 0 Å². The van der Waals surface area contributed by atoms with Gasteiger partial charge in [-0.15, -0.1) is 0 Å². The van der Waals surface area contributed by atoms with E-state index in [-0.39, 0.29) is 24.6 Å². The van der Waals surface area contributed by atoms with Gasteiger partial charge in [0.2, 0.25) is 0 Å². The summed E-state index contributed by atoms with van der Waals surface area (Å²) in [5, 5.41) is 10.2. The standard InChI is InChI=1S/C25H21FN4O3/c26-19-9-5-4-8-17(19)23(31)27-12-13-28-24(32)18-14-20(15-10-11-15)29-25-21(18)22(30-33-25)16-6-2-1-3-7-16/h1-9,14-15H,10-13H2,(H,27,31)(H,28,32). The first-order valence-corrected chi connectivity index (χ1v) is 10.8. The Bertz CT molecular complexity index is 1330. The highest BCUT2D eigenvalue weighted by molar-refractivity contribution is 6.09. The van der Waals surface area contributed by atoms with E-state index in [9.17, 15) is 14.0 Å². The van der Waals surface area contributed by atoms with Gasteiger partial charge in [0.15, 0.2) is 0 Å². The van der Waals surface area contributed by atoms with E-state index >= 15 is 0 Å². The molecular formula is C25H21FN4O3. The van der Waals surface area contributed by atoms with Crippen LogP contribution < -0.4 is 10.6 Å². The fourth-order valence-corrected chi connectivity index (χ4v) is 3.72. The normalized spacial score (nSPS) is 13.1. The monoisotopic (exact) mass is 444 g/mol. The molecule has 2 aromatic heterocycles. The maximum atomic E-state index is 13.8. The number of hydrogen-bond acceptors (Lipinski definition) is 5. The van der Waals surface area contributed by atoms with Crippen LogP contribution in [0.4, 0.5) is 4.39 Å². The number of pyridine rings is 1. The summed E-state index contributed by atoms with van der Waals surface area (Å²) in [6, 6.07) is 17.0. The lowest BCUT2D eigenvalue weighted by Gasteiger charge is -2.10. The lowest BCUT2D eigenvalue weighted by molar-refractivity contribution is 0.0926. The van der Waals surface area contributed by atoms with E-state index in [1.165, 1.54) is 18.2 Å². The first kappa shape index (κ1) is 20.8. The number of aromatic nitrogens is 2. The van der Waals surface area contributed by atoms with Crippen LogP contribution >= 0.6 is 0 Å².